The molecule has 0 spiro atoms. The van der Waals surface area contributed by atoms with Crippen LogP contribution in [-0.4, -0.2) is 33.7 Å². The molecule has 6 heteroatoms. The van der Waals surface area contributed by atoms with Gasteiger partial charge in [0.05, 0.1) is 11.9 Å². The van der Waals surface area contributed by atoms with Crippen LogP contribution in [0.1, 0.15) is 30.4 Å². The number of rotatable bonds is 8. The number of anilines is 1. The summed E-state index contributed by atoms with van der Waals surface area (Å²) in [6.45, 7) is 4.15. The minimum absolute atomic E-state index is 0.199. The van der Waals surface area contributed by atoms with E-state index in [-0.39, 0.29) is 18.4 Å². The summed E-state index contributed by atoms with van der Waals surface area (Å²) in [5, 5.41) is 2.88. The number of carbonyl (C=O) groups is 1. The van der Waals surface area contributed by atoms with Crippen LogP contribution in [0.15, 0.2) is 54.6 Å². The summed E-state index contributed by atoms with van der Waals surface area (Å²) >= 11 is 0. The second-order valence-corrected chi connectivity index (χ2v) is 8.28. The highest BCUT2D eigenvalue weighted by Gasteiger charge is 2.22. The number of hydrogen-bond acceptors (Lipinski definition) is 3. The average Bonchev–Trinajstić information content (AvgIpc) is 2.61. The zero-order chi connectivity index (χ0) is 19.2. The number of benzene rings is 2. The van der Waals surface area contributed by atoms with Crippen molar-refractivity contribution in [1.29, 1.82) is 0 Å². The molecule has 2 rings (SSSR count). The molecule has 1 N–H and O–H groups in total. The van der Waals surface area contributed by atoms with Crippen molar-refractivity contribution in [3.63, 3.8) is 0 Å². The molecule has 2 aromatic rings. The number of para-hydroxylation sites is 1. The first-order valence-corrected chi connectivity index (χ1v) is 10.5. The lowest BCUT2D eigenvalue weighted by Crippen LogP contribution is -2.41. The van der Waals surface area contributed by atoms with Crippen molar-refractivity contribution in [3.8, 4) is 0 Å². The van der Waals surface area contributed by atoms with E-state index in [4.69, 9.17) is 0 Å². The summed E-state index contributed by atoms with van der Waals surface area (Å²) < 4.78 is 25.5. The second-order valence-electron chi connectivity index (χ2n) is 6.38. The molecule has 1 unspecified atom stereocenters. The maximum atomic E-state index is 12.4. The summed E-state index contributed by atoms with van der Waals surface area (Å²) in [4.78, 5) is 12.4. The highest BCUT2D eigenvalue weighted by Crippen LogP contribution is 2.22. The van der Waals surface area contributed by atoms with Gasteiger partial charge in [0.1, 0.15) is 6.54 Å². The van der Waals surface area contributed by atoms with Crippen LogP contribution in [0, 0.1) is 6.92 Å². The van der Waals surface area contributed by atoms with Gasteiger partial charge in [-0.25, -0.2) is 8.42 Å². The molecular weight excluding hydrogens is 348 g/mol. The van der Waals surface area contributed by atoms with Gasteiger partial charge in [-0.05, 0) is 30.5 Å². The Balaban J connectivity index is 2.07. The number of amides is 1. The minimum atomic E-state index is -3.56. The molecule has 0 aromatic heterocycles. The molecule has 0 aliphatic rings. The normalized spacial score (nSPS) is 12.4. The first-order chi connectivity index (χ1) is 12.3. The number of sulfonamides is 1. The Kier molecular flexibility index (Phi) is 6.80. The lowest BCUT2D eigenvalue weighted by molar-refractivity contribution is -0.119. The molecule has 0 aliphatic heterocycles. The van der Waals surface area contributed by atoms with Crippen LogP contribution in [0.4, 0.5) is 5.69 Å². The smallest absolute Gasteiger partial charge is 0.240 e. The summed E-state index contributed by atoms with van der Waals surface area (Å²) in [5.41, 5.74) is 2.50. The largest absolute Gasteiger partial charge is 0.354 e. The highest BCUT2D eigenvalue weighted by atomic mass is 32.2. The Labute approximate surface area is 156 Å². The van der Waals surface area contributed by atoms with Gasteiger partial charge in [0, 0.05) is 12.5 Å². The van der Waals surface area contributed by atoms with Gasteiger partial charge in [-0.15, -0.1) is 0 Å². The standard InChI is InChI=1S/C20H26N2O3S/c1-4-17(18-11-6-5-7-12-18)14-21-20(23)15-22(26(3,24)25)19-13-9-8-10-16(19)2/h5-13,17H,4,14-15H2,1-3H3,(H,21,23). The Morgan fingerprint density at radius 2 is 1.69 bits per heavy atom. The molecule has 0 saturated heterocycles. The minimum Gasteiger partial charge on any atom is -0.354 e. The van der Waals surface area contributed by atoms with Gasteiger partial charge in [-0.2, -0.15) is 0 Å². The van der Waals surface area contributed by atoms with Gasteiger partial charge >= 0.3 is 0 Å². The number of aryl methyl sites for hydroxylation is 1. The molecular formula is C20H26N2O3S. The summed E-state index contributed by atoms with van der Waals surface area (Å²) in [6.07, 6.45) is 2.00. The van der Waals surface area contributed by atoms with Crippen molar-refractivity contribution in [2.45, 2.75) is 26.2 Å². The zero-order valence-corrected chi connectivity index (χ0v) is 16.3. The third-order valence-corrected chi connectivity index (χ3v) is 5.51. The molecule has 0 aliphatic carbocycles. The number of carbonyl (C=O) groups excluding carboxylic acids is 1. The Morgan fingerprint density at radius 3 is 2.27 bits per heavy atom. The number of nitrogens with one attached hydrogen (secondary N) is 1. The SMILES string of the molecule is CCC(CNC(=O)CN(c1ccccc1C)S(C)(=O)=O)c1ccccc1. The lowest BCUT2D eigenvalue weighted by Gasteiger charge is -2.24. The molecule has 0 fully saturated rings. The van der Waals surface area contributed by atoms with Crippen LogP contribution in [0.2, 0.25) is 0 Å². The third kappa shape index (κ3) is 5.33. The maximum Gasteiger partial charge on any atom is 0.240 e. The van der Waals surface area contributed by atoms with Crippen molar-refractivity contribution in [2.24, 2.45) is 0 Å². The van der Waals surface area contributed by atoms with E-state index in [1.165, 1.54) is 0 Å². The molecule has 2 aromatic carbocycles. The van der Waals surface area contributed by atoms with E-state index in [9.17, 15) is 13.2 Å². The van der Waals surface area contributed by atoms with Crippen LogP contribution in [0.3, 0.4) is 0 Å². The van der Waals surface area contributed by atoms with Gasteiger partial charge in [0.25, 0.3) is 0 Å². The van der Waals surface area contributed by atoms with Gasteiger partial charge in [0.15, 0.2) is 0 Å². The van der Waals surface area contributed by atoms with Crippen molar-refractivity contribution < 1.29 is 13.2 Å². The molecule has 0 saturated carbocycles. The van der Waals surface area contributed by atoms with Crippen LogP contribution >= 0.6 is 0 Å². The van der Waals surface area contributed by atoms with Gasteiger partial charge < -0.3 is 5.32 Å². The van der Waals surface area contributed by atoms with E-state index in [1.54, 1.807) is 12.1 Å². The third-order valence-electron chi connectivity index (χ3n) is 4.38. The lowest BCUT2D eigenvalue weighted by atomic mass is 9.96. The maximum absolute atomic E-state index is 12.4. The predicted octanol–water partition coefficient (Wildman–Crippen LogP) is 3.07. The number of hydrogen-bond donors (Lipinski definition) is 1. The molecule has 1 amide bonds. The van der Waals surface area contributed by atoms with E-state index >= 15 is 0 Å². The molecule has 26 heavy (non-hydrogen) atoms. The first kappa shape index (κ1) is 20.0. The number of nitrogens with zero attached hydrogens (tertiary/aromatic N) is 1. The first-order valence-electron chi connectivity index (χ1n) is 8.68. The molecule has 0 bridgehead atoms. The monoisotopic (exact) mass is 374 g/mol. The van der Waals surface area contributed by atoms with Crippen LogP contribution < -0.4 is 9.62 Å². The molecule has 5 nitrogen and oxygen atoms in total. The van der Waals surface area contributed by atoms with Crippen LogP contribution in [0.25, 0.3) is 0 Å². The fourth-order valence-electron chi connectivity index (χ4n) is 2.87. The van der Waals surface area contributed by atoms with Crippen molar-refractivity contribution >= 4 is 21.6 Å². The van der Waals surface area contributed by atoms with E-state index in [0.717, 1.165) is 28.1 Å². The molecule has 1 atom stereocenters. The summed E-state index contributed by atoms with van der Waals surface area (Å²) in [7, 11) is -3.56. The van der Waals surface area contributed by atoms with Crippen molar-refractivity contribution in [1.82, 2.24) is 5.32 Å². The summed E-state index contributed by atoms with van der Waals surface area (Å²) in [6, 6.07) is 17.1. The predicted molar refractivity (Wildman–Crippen MR) is 106 cm³/mol. The second kappa shape index (κ2) is 8.85. The fourth-order valence-corrected chi connectivity index (χ4v) is 3.78. The van der Waals surface area contributed by atoms with Crippen molar-refractivity contribution in [3.05, 3.63) is 65.7 Å². The van der Waals surface area contributed by atoms with E-state index in [0.29, 0.717) is 12.2 Å². The molecule has 140 valence electrons. The highest BCUT2D eigenvalue weighted by molar-refractivity contribution is 7.92. The fraction of sp³-hybridized carbons (Fsp3) is 0.350. The van der Waals surface area contributed by atoms with Gasteiger partial charge in [-0.1, -0.05) is 55.5 Å². The summed E-state index contributed by atoms with van der Waals surface area (Å²) in [5.74, 6) is -0.113. The quantitative estimate of drug-likeness (QED) is 0.772. The van der Waals surface area contributed by atoms with E-state index in [1.807, 2.05) is 49.4 Å². The van der Waals surface area contributed by atoms with E-state index in [2.05, 4.69) is 12.2 Å². The molecule has 0 heterocycles. The van der Waals surface area contributed by atoms with Crippen LogP contribution in [-0.2, 0) is 14.8 Å². The topological polar surface area (TPSA) is 66.5 Å². The van der Waals surface area contributed by atoms with E-state index < -0.39 is 10.0 Å². The van der Waals surface area contributed by atoms with Gasteiger partial charge in [0.2, 0.25) is 15.9 Å². The Hall–Kier alpha value is -2.34. The van der Waals surface area contributed by atoms with Crippen molar-refractivity contribution in [2.75, 3.05) is 23.7 Å². The Bertz CT molecular complexity index is 835. The van der Waals surface area contributed by atoms with Crippen LogP contribution in [0.5, 0.6) is 0 Å². The van der Waals surface area contributed by atoms with Gasteiger partial charge in [-0.3, -0.25) is 9.10 Å². The average molecular weight is 375 g/mol. The zero-order valence-electron chi connectivity index (χ0n) is 15.5. The Morgan fingerprint density at radius 1 is 1.08 bits per heavy atom. The molecule has 0 radical (unpaired) electrons.